The monoisotopic (exact) mass is 1070 g/mol. The molecule has 0 bridgehead atoms. The highest BCUT2D eigenvalue weighted by atomic mass is 35.5. The maximum atomic E-state index is 12.3. The van der Waals surface area contributed by atoms with Gasteiger partial charge in [0.15, 0.2) is 0 Å². The van der Waals surface area contributed by atoms with Gasteiger partial charge >= 0.3 is 11.9 Å². The lowest BCUT2D eigenvalue weighted by Gasteiger charge is -2.28. The van der Waals surface area contributed by atoms with Crippen molar-refractivity contribution < 1.29 is 49.0 Å². The van der Waals surface area contributed by atoms with E-state index in [1.165, 1.54) is 0 Å². The average Bonchev–Trinajstić information content (AvgIpc) is 4.27. The normalized spacial score (nSPS) is 13.8. The highest BCUT2D eigenvalue weighted by molar-refractivity contribution is 6.32. The average molecular weight is 1080 g/mol. The third-order valence-electron chi connectivity index (χ3n) is 13.3. The van der Waals surface area contributed by atoms with Crippen molar-refractivity contribution in [3.05, 3.63) is 163 Å². The second kappa shape index (κ2) is 27.2. The zero-order valence-corrected chi connectivity index (χ0v) is 44.8. The minimum absolute atomic E-state index is 0.0246. The van der Waals surface area contributed by atoms with Crippen molar-refractivity contribution in [1.29, 1.82) is 0 Å². The highest BCUT2D eigenvalue weighted by Crippen LogP contribution is 2.39. The summed E-state index contributed by atoms with van der Waals surface area (Å²) in [5, 5.41) is 40.1. The van der Waals surface area contributed by atoms with Crippen LogP contribution < -0.4 is 18.9 Å². The van der Waals surface area contributed by atoms with Crippen LogP contribution in [0.25, 0.3) is 11.1 Å². The fourth-order valence-electron chi connectivity index (χ4n) is 9.05. The summed E-state index contributed by atoms with van der Waals surface area (Å²) < 4.78 is 25.8. The van der Waals surface area contributed by atoms with Crippen LogP contribution in [0.4, 0.5) is 0 Å². The van der Waals surface area contributed by atoms with Gasteiger partial charge in [-0.25, -0.2) is 0 Å². The molecule has 0 radical (unpaired) electrons. The van der Waals surface area contributed by atoms with Crippen LogP contribution in [0, 0.1) is 13.8 Å². The first kappa shape index (κ1) is 56.8. The maximum absolute atomic E-state index is 12.3. The van der Waals surface area contributed by atoms with Gasteiger partial charge in [0.2, 0.25) is 0 Å². The second-order valence-electron chi connectivity index (χ2n) is 18.4. The Morgan fingerprint density at radius 3 is 1.54 bits per heavy atom. The number of pyridine rings is 2. The zero-order valence-electron chi connectivity index (χ0n) is 43.3. The number of carbonyl (C=O) groups is 2. The van der Waals surface area contributed by atoms with Crippen LogP contribution in [0.15, 0.2) is 108 Å². The van der Waals surface area contributed by atoms with Crippen molar-refractivity contribution in [2.24, 2.45) is 9.98 Å². The van der Waals surface area contributed by atoms with Gasteiger partial charge in [0.25, 0.3) is 0 Å². The van der Waals surface area contributed by atoms with Gasteiger partial charge in [-0.3, -0.25) is 39.3 Å². The fourth-order valence-corrected chi connectivity index (χ4v) is 9.53. The summed E-state index contributed by atoms with van der Waals surface area (Å²) in [5.41, 5.74) is 10.5. The van der Waals surface area contributed by atoms with E-state index in [0.29, 0.717) is 57.3 Å². The van der Waals surface area contributed by atoms with Gasteiger partial charge in [-0.15, -0.1) is 0 Å². The lowest BCUT2D eigenvalue weighted by molar-refractivity contribution is -0.145. The van der Waals surface area contributed by atoms with Gasteiger partial charge in [0, 0.05) is 116 Å². The molecule has 7 rings (SSSR count). The van der Waals surface area contributed by atoms with E-state index in [-0.39, 0.29) is 71.6 Å². The van der Waals surface area contributed by atoms with Gasteiger partial charge in [0.05, 0.1) is 10.0 Å². The molecule has 1 aliphatic rings. The molecule has 16 nitrogen and oxygen atoms in total. The maximum Gasteiger partial charge on any atom is 0.321 e. The summed E-state index contributed by atoms with van der Waals surface area (Å²) in [6.07, 6.45) is 10.6. The smallest absolute Gasteiger partial charge is 0.321 e. The third kappa shape index (κ3) is 14.7. The number of ether oxygens (including phenoxy) is 4. The number of nitrogens with zero attached hydrogens (tertiary/aromatic N) is 6. The molecule has 4 N–H and O–H groups in total. The van der Waals surface area contributed by atoms with Crippen molar-refractivity contribution >= 4 is 47.6 Å². The van der Waals surface area contributed by atoms with E-state index in [9.17, 15) is 30.0 Å². The van der Waals surface area contributed by atoms with Gasteiger partial charge in [-0.05, 0) is 97.4 Å². The topological polar surface area (TPSA) is 209 Å². The van der Waals surface area contributed by atoms with Gasteiger partial charge in [-0.1, -0.05) is 73.4 Å². The summed E-state index contributed by atoms with van der Waals surface area (Å²) in [7, 11) is 1.69. The SMILES string of the molecule is CCN(Cc1cc(Cl)c(OCc2cccc(-c3cccc(COc4cc(OCc5cncc(C6C=N6)c5)c(CN(CC)C(CCO)C(=O)O)cc4Cl)c3C)c2C)cc1OCc1cncc(/C=N/C)c1)C(CCO)C(=O)O. The Bertz CT molecular complexity index is 3040. The van der Waals surface area contributed by atoms with Crippen molar-refractivity contribution in [3.63, 3.8) is 0 Å². The number of likely N-dealkylation sites (N-methyl/N-ethyl adjacent to an activating group) is 2. The summed E-state index contributed by atoms with van der Waals surface area (Å²) in [5.74, 6) is -0.385. The number of rotatable bonds is 29. The number of halogens is 2. The van der Waals surface area contributed by atoms with Crippen molar-refractivity contribution in [2.75, 3.05) is 33.4 Å². The minimum Gasteiger partial charge on any atom is -0.488 e. The minimum atomic E-state index is -1.03. The number of aliphatic carboxylic acids is 2. The van der Waals surface area contributed by atoms with E-state index in [2.05, 4.69) is 32.1 Å². The molecule has 400 valence electrons. The molecular formula is C58H64Cl2N6O10. The van der Waals surface area contributed by atoms with Crippen LogP contribution in [-0.2, 0) is 49.1 Å². The number of hydrogen-bond acceptors (Lipinski definition) is 14. The van der Waals surface area contributed by atoms with Crippen molar-refractivity contribution in [2.45, 2.75) is 98.2 Å². The Kier molecular flexibility index (Phi) is 20.3. The predicted octanol–water partition coefficient (Wildman–Crippen LogP) is 9.87. The van der Waals surface area contributed by atoms with Crippen LogP contribution in [0.1, 0.15) is 88.4 Å². The number of aromatic nitrogens is 2. The fraction of sp³-hybridized carbons (Fsp3) is 0.345. The Morgan fingerprint density at radius 2 is 1.11 bits per heavy atom. The van der Waals surface area contributed by atoms with Gasteiger partial charge < -0.3 is 39.4 Å². The second-order valence-corrected chi connectivity index (χ2v) is 19.2. The molecule has 3 heterocycles. The number of hydrogen-bond donors (Lipinski definition) is 4. The number of benzene rings is 4. The largest absolute Gasteiger partial charge is 0.488 e. The van der Waals surface area contributed by atoms with E-state index in [1.807, 2.05) is 70.3 Å². The molecule has 3 atom stereocenters. The van der Waals surface area contributed by atoms with Crippen molar-refractivity contribution in [1.82, 2.24) is 19.8 Å². The number of carboxylic acid groups (broad SMARTS) is 2. The first-order valence-electron chi connectivity index (χ1n) is 25.1. The highest BCUT2D eigenvalue weighted by Gasteiger charge is 2.28. The summed E-state index contributed by atoms with van der Waals surface area (Å²) in [6.45, 7) is 9.13. The molecule has 18 heteroatoms. The molecule has 4 aromatic carbocycles. The van der Waals surface area contributed by atoms with E-state index in [4.69, 9.17) is 42.1 Å². The van der Waals surface area contributed by atoms with E-state index >= 15 is 0 Å². The molecule has 0 spiro atoms. The molecule has 1 aliphatic heterocycles. The van der Waals surface area contributed by atoms with E-state index in [0.717, 1.165) is 55.6 Å². The van der Waals surface area contributed by atoms with Crippen LogP contribution in [0.3, 0.4) is 0 Å². The molecule has 0 fully saturated rings. The molecular weight excluding hydrogens is 1010 g/mol. The molecule has 0 aliphatic carbocycles. The molecule has 0 saturated carbocycles. The van der Waals surface area contributed by atoms with E-state index < -0.39 is 24.0 Å². The third-order valence-corrected chi connectivity index (χ3v) is 13.9. The molecule has 0 saturated heterocycles. The standard InChI is InChI=1S/C58H64Cl2N6O10/c1-6-65(51(14-16-67)57(69)70)30-44-20-48(59)55(22-53(44)73-32-39-18-38(24-61-5)25-62-26-39)75-34-41-10-8-12-46(36(41)3)47-13-9-11-42(37(47)4)35-76-56-23-54(74-33-40-19-43(28-63-27-40)50-29-64-50)45(21-49(56)60)31-66(7-2)52(15-17-68)58(71)72/h8-13,18-29,50-52,67-68H,6-7,14-17,30-35H2,1-5H3,(H,69,70)(H,71,72)/b61-24+. The number of aliphatic imine (C=N–C) groups is 2. The summed E-state index contributed by atoms with van der Waals surface area (Å²) in [4.78, 5) is 45.1. The Labute approximate surface area is 453 Å². The molecule has 0 amide bonds. The van der Waals surface area contributed by atoms with Crippen LogP contribution in [0.2, 0.25) is 10.0 Å². The Morgan fingerprint density at radius 1 is 0.645 bits per heavy atom. The van der Waals surface area contributed by atoms with Gasteiger partial charge in [-0.2, -0.15) is 0 Å². The Hall–Kier alpha value is -6.92. The van der Waals surface area contributed by atoms with Crippen LogP contribution >= 0.6 is 23.2 Å². The Balaban J connectivity index is 1.11. The first-order valence-corrected chi connectivity index (χ1v) is 25.8. The first-order chi connectivity index (χ1) is 36.7. The molecule has 6 aromatic rings. The lowest BCUT2D eigenvalue weighted by atomic mass is 9.92. The molecule has 2 aromatic heterocycles. The van der Waals surface area contributed by atoms with Crippen LogP contribution in [0.5, 0.6) is 23.0 Å². The van der Waals surface area contributed by atoms with E-state index in [1.54, 1.807) is 72.1 Å². The number of aliphatic hydroxyl groups excluding tert-OH is 2. The number of aliphatic hydroxyl groups is 2. The quantitative estimate of drug-likeness (QED) is 0.0323. The van der Waals surface area contributed by atoms with Crippen LogP contribution in [-0.4, -0.2) is 110 Å². The number of carboxylic acids is 2. The lowest BCUT2D eigenvalue weighted by Crippen LogP contribution is -2.41. The molecule has 3 unspecified atom stereocenters. The van der Waals surface area contributed by atoms with Crippen molar-refractivity contribution in [3.8, 4) is 34.1 Å². The zero-order chi connectivity index (χ0) is 54.3. The summed E-state index contributed by atoms with van der Waals surface area (Å²) >= 11 is 13.9. The van der Waals surface area contributed by atoms with Gasteiger partial charge in [0.1, 0.15) is 67.6 Å². The molecule has 76 heavy (non-hydrogen) atoms. The predicted molar refractivity (Wildman–Crippen MR) is 293 cm³/mol. The summed E-state index contributed by atoms with van der Waals surface area (Å²) in [6, 6.07) is 21.1.